The van der Waals surface area contributed by atoms with Crippen LogP contribution in [0.3, 0.4) is 0 Å². The van der Waals surface area contributed by atoms with E-state index in [1.54, 1.807) is 7.11 Å². The van der Waals surface area contributed by atoms with E-state index in [9.17, 15) is 0 Å². The molecule has 0 saturated carbocycles. The number of nitrogens with two attached hydrogens (primary N) is 1. The van der Waals surface area contributed by atoms with Crippen LogP contribution >= 0.6 is 0 Å². The Bertz CT molecular complexity index is 433. The predicted octanol–water partition coefficient (Wildman–Crippen LogP) is 2.01. The third-order valence-corrected chi connectivity index (χ3v) is 3.02. The van der Waals surface area contributed by atoms with E-state index < -0.39 is 6.04 Å². The number of methoxy groups -OCH3 is 1. The molecule has 0 aliphatic carbocycles. The minimum Gasteiger partial charge on any atom is -0.496 e. The van der Waals surface area contributed by atoms with Gasteiger partial charge in [0.15, 0.2) is 0 Å². The molecule has 0 aromatic heterocycles. The lowest BCUT2D eigenvalue weighted by Crippen LogP contribution is -2.21. The molecule has 1 atom stereocenters. The van der Waals surface area contributed by atoms with Crippen molar-refractivity contribution in [3.05, 3.63) is 28.3 Å². The molecule has 0 aliphatic heterocycles. The smallest absolute Gasteiger partial charge is 0.122 e. The highest BCUT2D eigenvalue weighted by Gasteiger charge is 2.13. The van der Waals surface area contributed by atoms with Crippen molar-refractivity contribution in [1.82, 2.24) is 0 Å². The zero-order valence-electron chi connectivity index (χ0n) is 10.3. The van der Waals surface area contributed by atoms with E-state index in [-0.39, 0.29) is 0 Å². The molecule has 0 spiro atoms. The first-order chi connectivity index (χ1) is 7.51. The van der Waals surface area contributed by atoms with Gasteiger partial charge in [-0.05, 0) is 49.1 Å². The van der Waals surface area contributed by atoms with Crippen LogP contribution in [0.5, 0.6) is 5.75 Å². The van der Waals surface area contributed by atoms with Crippen LogP contribution in [0.25, 0.3) is 0 Å². The maximum absolute atomic E-state index is 8.75. The number of benzene rings is 1. The van der Waals surface area contributed by atoms with Crippen LogP contribution in [-0.4, -0.2) is 13.2 Å². The number of hydrogen-bond donors (Lipinski definition) is 1. The molecule has 86 valence electrons. The normalized spacial score (nSPS) is 12.0. The van der Waals surface area contributed by atoms with Gasteiger partial charge in [-0.3, -0.25) is 0 Å². The van der Waals surface area contributed by atoms with Crippen molar-refractivity contribution in [1.29, 1.82) is 5.26 Å². The molecule has 0 radical (unpaired) electrons. The van der Waals surface area contributed by atoms with E-state index in [0.717, 1.165) is 22.4 Å². The fraction of sp³-hybridized carbons (Fsp3) is 0.462. The summed E-state index contributed by atoms with van der Waals surface area (Å²) in [7, 11) is 1.67. The van der Waals surface area contributed by atoms with Crippen molar-refractivity contribution in [2.75, 3.05) is 7.11 Å². The van der Waals surface area contributed by atoms with Gasteiger partial charge in [-0.2, -0.15) is 5.26 Å². The molecule has 0 bridgehead atoms. The van der Waals surface area contributed by atoms with Gasteiger partial charge in [-0.25, -0.2) is 0 Å². The largest absolute Gasteiger partial charge is 0.496 e. The number of nitrogens with zero attached hydrogens (tertiary/aromatic N) is 1. The molecule has 2 N–H and O–H groups in total. The molecular formula is C13H18N2O. The number of ether oxygens (including phenoxy) is 1. The fourth-order valence-corrected chi connectivity index (χ4v) is 1.89. The first-order valence-corrected chi connectivity index (χ1v) is 5.30. The average molecular weight is 218 g/mol. The third kappa shape index (κ3) is 2.34. The molecule has 16 heavy (non-hydrogen) atoms. The molecule has 3 nitrogen and oxygen atoms in total. The van der Waals surface area contributed by atoms with Gasteiger partial charge >= 0.3 is 0 Å². The summed E-state index contributed by atoms with van der Waals surface area (Å²) < 4.78 is 5.30. The molecule has 0 aliphatic rings. The Morgan fingerprint density at radius 3 is 2.50 bits per heavy atom. The molecule has 1 unspecified atom stereocenters. The summed E-state index contributed by atoms with van der Waals surface area (Å²) in [6, 6.07) is 3.62. The van der Waals surface area contributed by atoms with Gasteiger partial charge in [0, 0.05) is 6.42 Å². The monoisotopic (exact) mass is 218 g/mol. The highest BCUT2D eigenvalue weighted by Crippen LogP contribution is 2.27. The third-order valence-electron chi connectivity index (χ3n) is 3.02. The summed E-state index contributed by atoms with van der Waals surface area (Å²) in [5, 5.41) is 8.75. The SMILES string of the molecule is COc1cc(C)c(CC(N)C#N)c(C)c1C. The van der Waals surface area contributed by atoms with Crippen LogP contribution in [0.15, 0.2) is 6.07 Å². The zero-order valence-corrected chi connectivity index (χ0v) is 10.3. The standard InChI is InChI=1S/C13H18N2O/c1-8-5-13(16-4)10(3)9(2)12(8)6-11(15)7-14/h5,11H,6,15H2,1-4H3. The van der Waals surface area contributed by atoms with Gasteiger partial charge in [0.2, 0.25) is 0 Å². The highest BCUT2D eigenvalue weighted by molar-refractivity contribution is 5.48. The Morgan fingerprint density at radius 1 is 1.38 bits per heavy atom. The van der Waals surface area contributed by atoms with E-state index in [2.05, 4.69) is 6.07 Å². The molecule has 1 aromatic carbocycles. The van der Waals surface area contributed by atoms with Crippen LogP contribution in [0.1, 0.15) is 22.3 Å². The van der Waals surface area contributed by atoms with Crippen molar-refractivity contribution < 1.29 is 4.74 Å². The van der Waals surface area contributed by atoms with Gasteiger partial charge in [-0.15, -0.1) is 0 Å². The van der Waals surface area contributed by atoms with Crippen LogP contribution in [0.4, 0.5) is 0 Å². The number of aryl methyl sites for hydroxylation is 1. The maximum Gasteiger partial charge on any atom is 0.122 e. The average Bonchev–Trinajstić information content (AvgIpc) is 2.28. The van der Waals surface area contributed by atoms with Crippen molar-refractivity contribution >= 4 is 0 Å². The van der Waals surface area contributed by atoms with E-state index in [4.69, 9.17) is 15.7 Å². The topological polar surface area (TPSA) is 59.0 Å². The van der Waals surface area contributed by atoms with Gasteiger partial charge < -0.3 is 10.5 Å². The quantitative estimate of drug-likeness (QED) is 0.844. The summed E-state index contributed by atoms with van der Waals surface area (Å²) >= 11 is 0. The molecular weight excluding hydrogens is 200 g/mol. The van der Waals surface area contributed by atoms with E-state index in [1.165, 1.54) is 5.56 Å². The first kappa shape index (κ1) is 12.5. The Morgan fingerprint density at radius 2 is 2.00 bits per heavy atom. The first-order valence-electron chi connectivity index (χ1n) is 5.30. The molecule has 0 saturated heterocycles. The lowest BCUT2D eigenvalue weighted by Gasteiger charge is -2.16. The molecule has 0 fully saturated rings. The van der Waals surface area contributed by atoms with Crippen molar-refractivity contribution in [3.63, 3.8) is 0 Å². The fourth-order valence-electron chi connectivity index (χ4n) is 1.89. The second-order valence-corrected chi connectivity index (χ2v) is 4.06. The van der Waals surface area contributed by atoms with Crippen LogP contribution < -0.4 is 10.5 Å². The van der Waals surface area contributed by atoms with Crippen molar-refractivity contribution in [2.45, 2.75) is 33.2 Å². The number of nitriles is 1. The Hall–Kier alpha value is -1.53. The molecule has 3 heteroatoms. The summed E-state index contributed by atoms with van der Waals surface area (Å²) in [4.78, 5) is 0. The van der Waals surface area contributed by atoms with Crippen LogP contribution in [-0.2, 0) is 6.42 Å². The molecule has 0 heterocycles. The van der Waals surface area contributed by atoms with Crippen LogP contribution in [0, 0.1) is 32.1 Å². The maximum atomic E-state index is 8.75. The highest BCUT2D eigenvalue weighted by atomic mass is 16.5. The minimum absolute atomic E-state index is 0.440. The summed E-state index contributed by atoms with van der Waals surface area (Å²) in [5.74, 6) is 0.893. The second kappa shape index (κ2) is 5.00. The zero-order chi connectivity index (χ0) is 12.3. The van der Waals surface area contributed by atoms with Gasteiger partial charge in [0.05, 0.1) is 19.2 Å². The van der Waals surface area contributed by atoms with Gasteiger partial charge in [-0.1, -0.05) is 0 Å². The molecule has 0 amide bonds. The van der Waals surface area contributed by atoms with E-state index in [0.29, 0.717) is 6.42 Å². The van der Waals surface area contributed by atoms with E-state index in [1.807, 2.05) is 26.8 Å². The van der Waals surface area contributed by atoms with Crippen molar-refractivity contribution in [2.24, 2.45) is 5.73 Å². The summed E-state index contributed by atoms with van der Waals surface area (Å²) in [6.07, 6.45) is 0.596. The van der Waals surface area contributed by atoms with Crippen molar-refractivity contribution in [3.8, 4) is 11.8 Å². The Balaban J connectivity index is 3.21. The summed E-state index contributed by atoms with van der Waals surface area (Å²) in [6.45, 7) is 6.09. The lowest BCUT2D eigenvalue weighted by atomic mass is 9.93. The predicted molar refractivity (Wildman–Crippen MR) is 64.5 cm³/mol. The van der Waals surface area contributed by atoms with Crippen LogP contribution in [0.2, 0.25) is 0 Å². The number of hydrogen-bond acceptors (Lipinski definition) is 3. The lowest BCUT2D eigenvalue weighted by molar-refractivity contribution is 0.410. The Kier molecular flexibility index (Phi) is 3.92. The van der Waals surface area contributed by atoms with Gasteiger partial charge in [0.1, 0.15) is 5.75 Å². The Labute approximate surface area is 96.8 Å². The van der Waals surface area contributed by atoms with E-state index >= 15 is 0 Å². The second-order valence-electron chi connectivity index (χ2n) is 4.06. The molecule has 1 aromatic rings. The minimum atomic E-state index is -0.440. The molecule has 1 rings (SSSR count). The number of rotatable bonds is 3. The van der Waals surface area contributed by atoms with Gasteiger partial charge in [0.25, 0.3) is 0 Å². The summed E-state index contributed by atoms with van der Waals surface area (Å²) in [5.41, 5.74) is 10.2.